The highest BCUT2D eigenvalue weighted by Gasteiger charge is 2.14. The molecule has 2 aromatic heterocycles. The molecule has 2 aromatic carbocycles. The average Bonchev–Trinajstić information content (AvgIpc) is 3.12. The van der Waals surface area contributed by atoms with Crippen LogP contribution in [0.25, 0.3) is 22.0 Å². The first kappa shape index (κ1) is 17.7. The summed E-state index contributed by atoms with van der Waals surface area (Å²) in [6.45, 7) is 1.92. The van der Waals surface area contributed by atoms with E-state index in [4.69, 9.17) is 9.51 Å². The summed E-state index contributed by atoms with van der Waals surface area (Å²) in [7, 11) is 1.85. The Bertz CT molecular complexity index is 1120. The van der Waals surface area contributed by atoms with Crippen molar-refractivity contribution in [1.29, 1.82) is 0 Å². The van der Waals surface area contributed by atoms with Gasteiger partial charge in [0, 0.05) is 18.5 Å². The number of benzene rings is 2. The number of nitrogens with zero attached hydrogens (tertiary/aromatic N) is 3. The van der Waals surface area contributed by atoms with E-state index in [1.807, 2.05) is 54.4 Å². The minimum Gasteiger partial charge on any atom is -0.360 e. The molecule has 1 amide bonds. The van der Waals surface area contributed by atoms with Gasteiger partial charge in [0.2, 0.25) is 5.91 Å². The molecule has 0 radical (unpaired) electrons. The molecule has 0 aliphatic rings. The summed E-state index contributed by atoms with van der Waals surface area (Å²) in [6, 6.07) is 21.9. The first-order valence-corrected chi connectivity index (χ1v) is 8.99. The van der Waals surface area contributed by atoms with Crippen LogP contribution >= 0.6 is 0 Å². The smallest absolute Gasteiger partial charge is 0.245 e. The maximum Gasteiger partial charge on any atom is 0.245 e. The number of anilines is 2. The Hall–Kier alpha value is -3.67. The summed E-state index contributed by atoms with van der Waals surface area (Å²) in [5.41, 5.74) is 3.08. The zero-order valence-corrected chi connectivity index (χ0v) is 15.7. The van der Waals surface area contributed by atoms with Gasteiger partial charge in [0.25, 0.3) is 0 Å². The molecule has 6 heteroatoms. The molecular formula is C22H20N4O2. The van der Waals surface area contributed by atoms with Crippen LogP contribution in [0.4, 0.5) is 11.6 Å². The van der Waals surface area contributed by atoms with E-state index in [2.05, 4.69) is 28.7 Å². The Morgan fingerprint density at radius 2 is 1.82 bits per heavy atom. The Balaban J connectivity index is 1.63. The normalized spacial score (nSPS) is 10.8. The van der Waals surface area contributed by atoms with E-state index in [0.717, 1.165) is 27.8 Å². The molecule has 0 saturated carbocycles. The minimum absolute atomic E-state index is 0.144. The number of pyridine rings is 1. The fourth-order valence-electron chi connectivity index (χ4n) is 3.12. The molecule has 0 spiro atoms. The Labute approximate surface area is 162 Å². The zero-order chi connectivity index (χ0) is 19.5. The molecule has 28 heavy (non-hydrogen) atoms. The van der Waals surface area contributed by atoms with Crippen LogP contribution in [0, 0.1) is 6.92 Å². The van der Waals surface area contributed by atoms with Crippen LogP contribution in [0.1, 0.15) is 5.76 Å². The molecule has 0 saturated heterocycles. The maximum absolute atomic E-state index is 12.4. The van der Waals surface area contributed by atoms with Crippen LogP contribution in [0.5, 0.6) is 0 Å². The van der Waals surface area contributed by atoms with Crippen molar-refractivity contribution in [3.8, 4) is 11.1 Å². The van der Waals surface area contributed by atoms with Crippen molar-refractivity contribution in [3.05, 3.63) is 72.5 Å². The summed E-state index contributed by atoms with van der Waals surface area (Å²) in [5.74, 6) is 1.59. The van der Waals surface area contributed by atoms with Crippen molar-refractivity contribution >= 4 is 28.4 Å². The van der Waals surface area contributed by atoms with E-state index in [0.29, 0.717) is 11.6 Å². The van der Waals surface area contributed by atoms with Gasteiger partial charge in [-0.15, -0.1) is 0 Å². The van der Waals surface area contributed by atoms with Gasteiger partial charge in [-0.2, -0.15) is 0 Å². The molecule has 0 atom stereocenters. The lowest BCUT2D eigenvalue weighted by Gasteiger charge is -2.19. The number of para-hydroxylation sites is 1. The molecule has 2 heterocycles. The predicted molar refractivity (Wildman–Crippen MR) is 110 cm³/mol. The number of amides is 1. The third-order valence-corrected chi connectivity index (χ3v) is 4.45. The Kier molecular flexibility index (Phi) is 4.76. The second-order valence-corrected chi connectivity index (χ2v) is 6.64. The van der Waals surface area contributed by atoms with Gasteiger partial charge in [-0.25, -0.2) is 4.98 Å². The highest BCUT2D eigenvalue weighted by atomic mass is 16.5. The topological polar surface area (TPSA) is 71.3 Å². The fraction of sp³-hybridized carbons (Fsp3) is 0.136. The number of hydrogen-bond donors (Lipinski definition) is 1. The minimum atomic E-state index is -0.188. The second-order valence-electron chi connectivity index (χ2n) is 6.64. The molecule has 0 bridgehead atoms. The van der Waals surface area contributed by atoms with Crippen LogP contribution in [0.3, 0.4) is 0 Å². The lowest BCUT2D eigenvalue weighted by Crippen LogP contribution is -2.30. The highest BCUT2D eigenvalue weighted by Crippen LogP contribution is 2.31. The summed E-state index contributed by atoms with van der Waals surface area (Å²) in [4.78, 5) is 18.9. The molecule has 0 unspecified atom stereocenters. The highest BCUT2D eigenvalue weighted by molar-refractivity contribution is 5.97. The van der Waals surface area contributed by atoms with Crippen molar-refractivity contribution in [3.63, 3.8) is 0 Å². The molecule has 0 aliphatic carbocycles. The molecule has 140 valence electrons. The van der Waals surface area contributed by atoms with Crippen LogP contribution in [-0.4, -0.2) is 29.6 Å². The molecule has 6 nitrogen and oxygen atoms in total. The van der Waals surface area contributed by atoms with Crippen molar-refractivity contribution < 1.29 is 9.32 Å². The van der Waals surface area contributed by atoms with Gasteiger partial charge in [0.1, 0.15) is 11.6 Å². The number of aromatic nitrogens is 2. The average molecular weight is 372 g/mol. The number of aryl methyl sites for hydroxylation is 1. The number of rotatable bonds is 5. The van der Waals surface area contributed by atoms with Gasteiger partial charge in [0.05, 0.1) is 12.1 Å². The number of hydrogen-bond acceptors (Lipinski definition) is 5. The standard InChI is InChI=1S/C22H20N4O2/c1-15-12-20(25-28-15)24-22(27)14-26(2)21-13-18(16-8-4-3-5-9-16)17-10-6-7-11-19(17)23-21/h3-13H,14H2,1-2H3,(H,24,25,27). The summed E-state index contributed by atoms with van der Waals surface area (Å²) in [5, 5.41) is 7.60. The van der Waals surface area contributed by atoms with E-state index in [9.17, 15) is 4.79 Å². The second kappa shape index (κ2) is 7.52. The molecule has 4 rings (SSSR count). The third-order valence-electron chi connectivity index (χ3n) is 4.45. The zero-order valence-electron chi connectivity index (χ0n) is 15.7. The lowest BCUT2D eigenvalue weighted by molar-refractivity contribution is -0.115. The van der Waals surface area contributed by atoms with Crippen LogP contribution in [0.2, 0.25) is 0 Å². The monoisotopic (exact) mass is 372 g/mol. The van der Waals surface area contributed by atoms with Crippen molar-refractivity contribution in [2.45, 2.75) is 6.92 Å². The lowest BCUT2D eigenvalue weighted by atomic mass is 10.0. The maximum atomic E-state index is 12.4. The molecule has 0 fully saturated rings. The van der Waals surface area contributed by atoms with E-state index in [1.165, 1.54) is 0 Å². The van der Waals surface area contributed by atoms with Crippen LogP contribution in [0.15, 0.2) is 71.3 Å². The van der Waals surface area contributed by atoms with E-state index in [1.54, 1.807) is 13.0 Å². The first-order valence-electron chi connectivity index (χ1n) is 8.99. The van der Waals surface area contributed by atoms with Crippen molar-refractivity contribution in [2.75, 3.05) is 23.8 Å². The van der Waals surface area contributed by atoms with Crippen LogP contribution < -0.4 is 10.2 Å². The van der Waals surface area contributed by atoms with Crippen LogP contribution in [-0.2, 0) is 4.79 Å². The van der Waals surface area contributed by atoms with Gasteiger partial charge in [0.15, 0.2) is 5.82 Å². The van der Waals surface area contributed by atoms with E-state index in [-0.39, 0.29) is 12.5 Å². The Morgan fingerprint density at radius 1 is 1.07 bits per heavy atom. The van der Waals surface area contributed by atoms with E-state index >= 15 is 0 Å². The quantitative estimate of drug-likeness (QED) is 0.566. The largest absolute Gasteiger partial charge is 0.360 e. The van der Waals surface area contributed by atoms with Gasteiger partial charge in [-0.05, 0) is 30.2 Å². The number of nitrogens with one attached hydrogen (secondary N) is 1. The third kappa shape index (κ3) is 3.71. The number of carbonyl (C=O) groups excluding carboxylic acids is 1. The van der Waals surface area contributed by atoms with Gasteiger partial charge >= 0.3 is 0 Å². The molecule has 1 N–H and O–H groups in total. The summed E-state index contributed by atoms with van der Waals surface area (Å²) in [6.07, 6.45) is 0. The first-order chi connectivity index (χ1) is 13.6. The Morgan fingerprint density at radius 3 is 2.57 bits per heavy atom. The predicted octanol–water partition coefficient (Wildman–Crippen LogP) is 4.27. The summed E-state index contributed by atoms with van der Waals surface area (Å²) < 4.78 is 4.98. The fourth-order valence-corrected chi connectivity index (χ4v) is 3.12. The number of likely N-dealkylation sites (N-methyl/N-ethyl adjacent to an activating group) is 1. The molecule has 4 aromatic rings. The van der Waals surface area contributed by atoms with Gasteiger partial charge < -0.3 is 14.7 Å². The van der Waals surface area contributed by atoms with Gasteiger partial charge in [-0.1, -0.05) is 53.7 Å². The van der Waals surface area contributed by atoms with Gasteiger partial charge in [-0.3, -0.25) is 4.79 Å². The van der Waals surface area contributed by atoms with Crippen molar-refractivity contribution in [1.82, 2.24) is 10.1 Å². The number of carbonyl (C=O) groups is 1. The number of fused-ring (bicyclic) bond motifs is 1. The van der Waals surface area contributed by atoms with E-state index < -0.39 is 0 Å². The molecule has 0 aliphatic heterocycles. The van der Waals surface area contributed by atoms with Crippen molar-refractivity contribution in [2.24, 2.45) is 0 Å². The SMILES string of the molecule is Cc1cc(NC(=O)CN(C)c2cc(-c3ccccc3)c3ccccc3n2)no1. The summed E-state index contributed by atoms with van der Waals surface area (Å²) >= 11 is 0. The molecular weight excluding hydrogens is 352 g/mol.